The van der Waals surface area contributed by atoms with E-state index in [1.54, 1.807) is 6.33 Å². The number of para-hydroxylation sites is 2. The summed E-state index contributed by atoms with van der Waals surface area (Å²) in [5.74, 6) is 0. The predicted molar refractivity (Wildman–Crippen MR) is 114 cm³/mol. The molecule has 0 radical (unpaired) electrons. The minimum atomic E-state index is -0.0453. The molecule has 1 aliphatic rings. The second-order valence-electron chi connectivity index (χ2n) is 7.98. The van der Waals surface area contributed by atoms with Gasteiger partial charge >= 0.3 is 0 Å². The lowest BCUT2D eigenvalue weighted by Gasteiger charge is -2.21. The van der Waals surface area contributed by atoms with E-state index in [2.05, 4.69) is 95.1 Å². The smallest absolute Gasteiger partial charge is 0.116 e. The third-order valence-electron chi connectivity index (χ3n) is 6.11. The first-order valence-corrected chi connectivity index (χ1v) is 9.61. The van der Waals surface area contributed by atoms with E-state index < -0.39 is 0 Å². The van der Waals surface area contributed by atoms with Crippen LogP contribution in [0.2, 0.25) is 0 Å². The maximum absolute atomic E-state index is 4.63. The molecule has 0 atom stereocenters. The molecule has 0 unspecified atom stereocenters. The second kappa shape index (κ2) is 5.29. The summed E-state index contributed by atoms with van der Waals surface area (Å²) in [6.45, 7) is 4.67. The van der Waals surface area contributed by atoms with Crippen molar-refractivity contribution in [2.24, 2.45) is 0 Å². The van der Waals surface area contributed by atoms with E-state index in [4.69, 9.17) is 0 Å². The summed E-state index contributed by atoms with van der Waals surface area (Å²) in [6, 6.07) is 23.8. The number of fused-ring (bicyclic) bond motifs is 6. The van der Waals surface area contributed by atoms with Gasteiger partial charge in [0.1, 0.15) is 6.33 Å². The summed E-state index contributed by atoms with van der Waals surface area (Å²) in [7, 11) is 0. The molecule has 0 saturated heterocycles. The van der Waals surface area contributed by atoms with Crippen molar-refractivity contribution in [2.75, 3.05) is 0 Å². The molecule has 0 aliphatic heterocycles. The van der Waals surface area contributed by atoms with Crippen LogP contribution in [0.4, 0.5) is 0 Å². The fourth-order valence-electron chi connectivity index (χ4n) is 4.93. The Morgan fingerprint density at radius 1 is 0.857 bits per heavy atom. The molecular formula is C25H19N3. The third-order valence-corrected chi connectivity index (χ3v) is 6.11. The lowest BCUT2D eigenvalue weighted by molar-refractivity contribution is 0.666. The molecule has 3 heteroatoms. The van der Waals surface area contributed by atoms with Crippen molar-refractivity contribution in [1.29, 1.82) is 0 Å². The van der Waals surface area contributed by atoms with Gasteiger partial charge in [-0.05, 0) is 23.3 Å². The van der Waals surface area contributed by atoms with Gasteiger partial charge in [0.25, 0.3) is 0 Å². The Morgan fingerprint density at radius 3 is 2.61 bits per heavy atom. The molecule has 1 aliphatic carbocycles. The van der Waals surface area contributed by atoms with Crippen LogP contribution in [0.15, 0.2) is 79.3 Å². The standard InChI is InChI=1S/C25H19N3/c1-25(2)19-11-5-3-9-17(19)24-22(25)18-10-4-6-12-20(18)28(24)21-13-7-8-16-14-26-15-27-23(16)21/h3-15H,1-2H3. The zero-order chi connectivity index (χ0) is 18.9. The minimum absolute atomic E-state index is 0.0453. The Hall–Kier alpha value is -3.46. The maximum Gasteiger partial charge on any atom is 0.116 e. The molecular weight excluding hydrogens is 342 g/mol. The Morgan fingerprint density at radius 2 is 1.68 bits per heavy atom. The molecule has 6 rings (SSSR count). The molecule has 0 amide bonds. The average molecular weight is 361 g/mol. The molecule has 0 N–H and O–H groups in total. The topological polar surface area (TPSA) is 30.7 Å². The van der Waals surface area contributed by atoms with Crippen molar-refractivity contribution in [3.63, 3.8) is 0 Å². The van der Waals surface area contributed by atoms with Crippen molar-refractivity contribution in [3.8, 4) is 16.9 Å². The van der Waals surface area contributed by atoms with Gasteiger partial charge in [-0.25, -0.2) is 9.97 Å². The van der Waals surface area contributed by atoms with Gasteiger partial charge in [-0.15, -0.1) is 0 Å². The predicted octanol–water partition coefficient (Wildman–Crippen LogP) is 5.88. The van der Waals surface area contributed by atoms with Crippen molar-refractivity contribution in [3.05, 3.63) is 90.4 Å². The van der Waals surface area contributed by atoms with Gasteiger partial charge in [-0.2, -0.15) is 0 Å². The highest BCUT2D eigenvalue weighted by atomic mass is 15.0. The summed E-state index contributed by atoms with van der Waals surface area (Å²) in [6.07, 6.45) is 3.52. The molecule has 0 fully saturated rings. The SMILES string of the molecule is CC1(C)c2ccccc2-c2c1c1ccccc1n2-c1cccc2cncnc12. The van der Waals surface area contributed by atoms with Crippen molar-refractivity contribution in [2.45, 2.75) is 19.3 Å². The van der Waals surface area contributed by atoms with Crippen molar-refractivity contribution < 1.29 is 0 Å². The first kappa shape index (κ1) is 15.6. The second-order valence-corrected chi connectivity index (χ2v) is 7.98. The van der Waals surface area contributed by atoms with Crippen LogP contribution in [0.25, 0.3) is 38.8 Å². The maximum atomic E-state index is 4.63. The van der Waals surface area contributed by atoms with Crippen LogP contribution >= 0.6 is 0 Å². The summed E-state index contributed by atoms with van der Waals surface area (Å²) in [5.41, 5.74) is 8.63. The van der Waals surface area contributed by atoms with Gasteiger partial charge < -0.3 is 4.57 Å². The minimum Gasteiger partial charge on any atom is -0.307 e. The Bertz CT molecular complexity index is 1390. The molecule has 28 heavy (non-hydrogen) atoms. The number of hydrogen-bond donors (Lipinski definition) is 0. The normalized spacial score (nSPS) is 14.4. The van der Waals surface area contributed by atoms with Crippen LogP contribution in [-0.2, 0) is 5.41 Å². The van der Waals surface area contributed by atoms with Crippen LogP contribution in [0, 0.1) is 0 Å². The van der Waals surface area contributed by atoms with E-state index in [1.807, 2.05) is 6.20 Å². The Labute approximate surface area is 163 Å². The highest BCUT2D eigenvalue weighted by Crippen LogP contribution is 2.53. The quantitative estimate of drug-likeness (QED) is 0.373. The van der Waals surface area contributed by atoms with Gasteiger partial charge in [0.15, 0.2) is 0 Å². The molecule has 134 valence electrons. The lowest BCUT2D eigenvalue weighted by atomic mass is 9.81. The molecule has 5 aromatic rings. The fraction of sp³-hybridized carbons (Fsp3) is 0.120. The summed E-state index contributed by atoms with van der Waals surface area (Å²) in [4.78, 5) is 8.84. The van der Waals surface area contributed by atoms with Gasteiger partial charge in [0, 0.05) is 27.9 Å². The number of nitrogens with zero attached hydrogens (tertiary/aromatic N) is 3. The molecule has 0 bridgehead atoms. The monoisotopic (exact) mass is 361 g/mol. The van der Waals surface area contributed by atoms with Crippen molar-refractivity contribution in [1.82, 2.24) is 14.5 Å². The third kappa shape index (κ3) is 1.83. The number of aromatic nitrogens is 3. The molecule has 0 saturated carbocycles. The Balaban J connectivity index is 1.85. The molecule has 2 aromatic heterocycles. The molecule has 0 spiro atoms. The number of rotatable bonds is 1. The number of benzene rings is 3. The van der Waals surface area contributed by atoms with Crippen LogP contribution in [0.5, 0.6) is 0 Å². The van der Waals surface area contributed by atoms with E-state index in [1.165, 1.54) is 33.3 Å². The number of hydrogen-bond acceptors (Lipinski definition) is 2. The fourth-order valence-corrected chi connectivity index (χ4v) is 4.93. The lowest BCUT2D eigenvalue weighted by Crippen LogP contribution is -2.14. The largest absolute Gasteiger partial charge is 0.307 e. The van der Waals surface area contributed by atoms with E-state index in [9.17, 15) is 0 Å². The zero-order valence-electron chi connectivity index (χ0n) is 15.8. The summed E-state index contributed by atoms with van der Waals surface area (Å²) < 4.78 is 2.40. The van der Waals surface area contributed by atoms with E-state index >= 15 is 0 Å². The van der Waals surface area contributed by atoms with Crippen LogP contribution in [-0.4, -0.2) is 14.5 Å². The van der Waals surface area contributed by atoms with E-state index in [-0.39, 0.29) is 5.41 Å². The molecule has 3 nitrogen and oxygen atoms in total. The van der Waals surface area contributed by atoms with Gasteiger partial charge in [0.2, 0.25) is 0 Å². The summed E-state index contributed by atoms with van der Waals surface area (Å²) >= 11 is 0. The van der Waals surface area contributed by atoms with E-state index in [0.717, 1.165) is 16.6 Å². The van der Waals surface area contributed by atoms with Gasteiger partial charge in [0.05, 0.1) is 22.4 Å². The zero-order valence-corrected chi connectivity index (χ0v) is 15.8. The van der Waals surface area contributed by atoms with Crippen molar-refractivity contribution >= 4 is 21.8 Å². The average Bonchev–Trinajstić information content (AvgIpc) is 3.19. The highest BCUT2D eigenvalue weighted by molar-refractivity contribution is 6.01. The van der Waals surface area contributed by atoms with Gasteiger partial charge in [-0.3, -0.25) is 0 Å². The molecule has 3 aromatic carbocycles. The van der Waals surface area contributed by atoms with Crippen LogP contribution in [0.3, 0.4) is 0 Å². The Kier molecular flexibility index (Phi) is 2.95. The summed E-state index contributed by atoms with van der Waals surface area (Å²) in [5, 5.41) is 2.36. The highest BCUT2D eigenvalue weighted by Gasteiger charge is 2.40. The van der Waals surface area contributed by atoms with Crippen LogP contribution in [0.1, 0.15) is 25.0 Å². The van der Waals surface area contributed by atoms with Gasteiger partial charge in [-0.1, -0.05) is 68.4 Å². The van der Waals surface area contributed by atoms with E-state index in [0.29, 0.717) is 0 Å². The molecule has 2 heterocycles. The first-order chi connectivity index (χ1) is 13.7. The van der Waals surface area contributed by atoms with Crippen LogP contribution < -0.4 is 0 Å². The first-order valence-electron chi connectivity index (χ1n) is 9.61.